The minimum Gasteiger partial charge on any atom is -0.506 e. The molecule has 0 spiro atoms. The number of hydrogen-bond donors (Lipinski definition) is 1. The molecule has 2 unspecified atom stereocenters. The lowest BCUT2D eigenvalue weighted by molar-refractivity contribution is 0.0984. The molecule has 1 heterocycles. The van der Waals surface area contributed by atoms with Gasteiger partial charge in [-0.05, 0) is 121 Å². The van der Waals surface area contributed by atoms with Crippen molar-refractivity contribution in [2.75, 3.05) is 44.4 Å². The molecular weight excluding hydrogens is 725 g/mol. The maximum atomic E-state index is 15.1. The molecule has 5 aromatic carbocycles. The van der Waals surface area contributed by atoms with Gasteiger partial charge in [-0.2, -0.15) is 5.26 Å². The second-order valence-electron chi connectivity index (χ2n) is 13.5. The van der Waals surface area contributed by atoms with Crippen molar-refractivity contribution >= 4 is 56.4 Å². The van der Waals surface area contributed by atoms with Gasteiger partial charge in [0.15, 0.2) is 0 Å². The summed E-state index contributed by atoms with van der Waals surface area (Å²) in [6.45, 7) is 4.70. The molecule has 53 heavy (non-hydrogen) atoms. The Morgan fingerprint density at radius 1 is 1.02 bits per heavy atom. The Morgan fingerprint density at radius 2 is 1.75 bits per heavy atom. The van der Waals surface area contributed by atoms with E-state index >= 15 is 4.79 Å². The molecule has 0 radical (unpaired) electrons. The summed E-state index contributed by atoms with van der Waals surface area (Å²) >= 11 is 13.0. The summed E-state index contributed by atoms with van der Waals surface area (Å²) in [5, 5.41) is 23.8. The zero-order chi connectivity index (χ0) is 37.6. The maximum Gasteiger partial charge on any atom is 0.259 e. The van der Waals surface area contributed by atoms with Crippen molar-refractivity contribution in [2.24, 2.45) is 0 Å². The standard InChI is InChI=1S/C43H43Cl2N3O4S/c1-4-34-32(26-46)23-30-9-5-6-10-36(30)42(34)43(50)48(39-11-7-8-12-40(39)49)27-31(29-13-16-37(44)38(45)24-29)19-22-47-20-17-28(18-21-47)35-15-14-33(52-2)25-41(35)53(3)51/h5-16,23-25,28,31,49H,4,17-22,27H2,1-3H3. The van der Waals surface area contributed by atoms with Gasteiger partial charge in [0.25, 0.3) is 5.91 Å². The van der Waals surface area contributed by atoms with Crippen LogP contribution in [0.1, 0.15) is 70.6 Å². The third-order valence-corrected chi connectivity index (χ3v) is 12.1. The number of ether oxygens (including phenoxy) is 1. The first-order valence-electron chi connectivity index (χ1n) is 17.9. The van der Waals surface area contributed by atoms with Gasteiger partial charge in [0.1, 0.15) is 11.5 Å². The van der Waals surface area contributed by atoms with Crippen LogP contribution in [0.25, 0.3) is 10.8 Å². The number of anilines is 1. The lowest BCUT2D eigenvalue weighted by atomic mass is 9.88. The minimum absolute atomic E-state index is 0.0134. The largest absolute Gasteiger partial charge is 0.506 e. The van der Waals surface area contributed by atoms with Crippen LogP contribution in [0.2, 0.25) is 10.0 Å². The fourth-order valence-electron chi connectivity index (χ4n) is 7.60. The summed E-state index contributed by atoms with van der Waals surface area (Å²) in [4.78, 5) is 20.0. The monoisotopic (exact) mass is 767 g/mol. The molecule has 1 saturated heterocycles. The first-order chi connectivity index (χ1) is 25.6. The van der Waals surface area contributed by atoms with E-state index in [1.165, 1.54) is 0 Å². The van der Waals surface area contributed by atoms with Crippen LogP contribution in [0.5, 0.6) is 11.5 Å². The predicted molar refractivity (Wildman–Crippen MR) is 215 cm³/mol. The molecule has 0 aromatic heterocycles. The van der Waals surface area contributed by atoms with E-state index in [2.05, 4.69) is 17.0 Å². The number of piperidine rings is 1. The van der Waals surface area contributed by atoms with Gasteiger partial charge in [0.2, 0.25) is 0 Å². The number of phenolic OH excluding ortho intramolecular Hbond substituents is 1. The number of nitrogens with zero attached hydrogens (tertiary/aromatic N) is 3. The van der Waals surface area contributed by atoms with Crippen molar-refractivity contribution in [1.82, 2.24) is 4.90 Å². The van der Waals surface area contributed by atoms with E-state index in [1.54, 1.807) is 48.6 Å². The number of hydrogen-bond acceptors (Lipinski definition) is 6. The summed E-state index contributed by atoms with van der Waals surface area (Å²) in [6.07, 6.45) is 4.76. The number of nitriles is 1. The molecule has 10 heteroatoms. The van der Waals surface area contributed by atoms with Crippen LogP contribution >= 0.6 is 23.2 Å². The number of phenols is 1. The van der Waals surface area contributed by atoms with E-state index in [1.807, 2.05) is 61.5 Å². The number of para-hydroxylation sites is 2. The number of amides is 1. The topological polar surface area (TPSA) is 93.9 Å². The van der Waals surface area contributed by atoms with Crippen LogP contribution in [0.3, 0.4) is 0 Å². The van der Waals surface area contributed by atoms with Gasteiger partial charge >= 0.3 is 0 Å². The van der Waals surface area contributed by atoms with Crippen molar-refractivity contribution in [3.8, 4) is 17.6 Å². The van der Waals surface area contributed by atoms with Gasteiger partial charge in [-0.3, -0.25) is 9.00 Å². The Morgan fingerprint density at radius 3 is 2.43 bits per heavy atom. The van der Waals surface area contributed by atoms with Crippen LogP contribution in [0.4, 0.5) is 5.69 Å². The molecule has 0 aliphatic carbocycles. The maximum absolute atomic E-state index is 15.1. The molecule has 6 rings (SSSR count). The Kier molecular flexibility index (Phi) is 12.4. The quantitative estimate of drug-likeness (QED) is 0.136. The smallest absolute Gasteiger partial charge is 0.259 e. The van der Waals surface area contributed by atoms with E-state index in [4.69, 9.17) is 27.9 Å². The molecule has 1 aliphatic heterocycles. The lowest BCUT2D eigenvalue weighted by Gasteiger charge is -2.35. The van der Waals surface area contributed by atoms with Gasteiger partial charge < -0.3 is 19.6 Å². The first-order valence-corrected chi connectivity index (χ1v) is 20.2. The number of carbonyl (C=O) groups excluding carboxylic acids is 1. The number of rotatable bonds is 12. The highest BCUT2D eigenvalue weighted by atomic mass is 35.5. The molecular formula is C43H43Cl2N3O4S. The Hall–Kier alpha value is -4.39. The zero-order valence-corrected chi connectivity index (χ0v) is 32.5. The second-order valence-corrected chi connectivity index (χ2v) is 15.7. The van der Waals surface area contributed by atoms with Crippen molar-refractivity contribution < 1.29 is 18.8 Å². The third kappa shape index (κ3) is 8.40. The van der Waals surface area contributed by atoms with Crippen molar-refractivity contribution in [3.05, 3.63) is 129 Å². The minimum atomic E-state index is -1.13. The molecule has 2 atom stereocenters. The molecule has 5 aromatic rings. The predicted octanol–water partition coefficient (Wildman–Crippen LogP) is 9.73. The summed E-state index contributed by atoms with van der Waals surface area (Å²) in [5.41, 5.74) is 4.05. The van der Waals surface area contributed by atoms with E-state index in [-0.39, 0.29) is 24.1 Å². The van der Waals surface area contributed by atoms with Crippen LogP contribution in [-0.4, -0.2) is 59.7 Å². The van der Waals surface area contributed by atoms with Crippen LogP contribution in [0.15, 0.2) is 95.9 Å². The summed E-state index contributed by atoms with van der Waals surface area (Å²) in [7, 11) is 0.490. The molecule has 274 valence electrons. The molecule has 1 fully saturated rings. The Bertz CT molecular complexity index is 2200. The fraction of sp³-hybridized carbons (Fsp3) is 0.302. The fourth-order valence-corrected chi connectivity index (χ4v) is 8.76. The zero-order valence-electron chi connectivity index (χ0n) is 30.1. The summed E-state index contributed by atoms with van der Waals surface area (Å²) in [5.74, 6) is 0.518. The van der Waals surface area contributed by atoms with Crippen molar-refractivity contribution in [1.29, 1.82) is 5.26 Å². The average molecular weight is 769 g/mol. The molecule has 1 amide bonds. The van der Waals surface area contributed by atoms with Gasteiger partial charge in [-0.15, -0.1) is 0 Å². The first kappa shape index (κ1) is 38.3. The van der Waals surface area contributed by atoms with Crippen molar-refractivity contribution in [3.63, 3.8) is 0 Å². The number of aromatic hydroxyl groups is 1. The van der Waals surface area contributed by atoms with Crippen LogP contribution in [-0.2, 0) is 17.2 Å². The third-order valence-electron chi connectivity index (χ3n) is 10.4. The Labute approximate surface area is 324 Å². The number of halogens is 2. The van der Waals surface area contributed by atoms with Gasteiger partial charge in [0.05, 0.1) is 50.8 Å². The van der Waals surface area contributed by atoms with Gasteiger partial charge in [-0.25, -0.2) is 0 Å². The molecule has 1 N–H and O–H groups in total. The summed E-state index contributed by atoms with van der Waals surface area (Å²) in [6, 6.07) is 30.2. The number of likely N-dealkylation sites (tertiary alicyclic amines) is 1. The van der Waals surface area contributed by atoms with Gasteiger partial charge in [-0.1, -0.05) is 78.7 Å². The highest BCUT2D eigenvalue weighted by molar-refractivity contribution is 7.84. The number of fused-ring (bicyclic) bond motifs is 1. The van der Waals surface area contributed by atoms with Gasteiger partial charge in [0, 0.05) is 23.6 Å². The van der Waals surface area contributed by atoms with E-state index in [0.29, 0.717) is 56.9 Å². The average Bonchev–Trinajstić information content (AvgIpc) is 3.18. The SMILES string of the molecule is CCc1c(C#N)cc2ccccc2c1C(=O)N(CC(CCN1CCC(c2ccc(OC)cc2S(C)=O)CC1)c1ccc(Cl)c(Cl)c1)c1ccccc1O. The summed E-state index contributed by atoms with van der Waals surface area (Å²) < 4.78 is 18.1. The Balaban J connectivity index is 1.32. The highest BCUT2D eigenvalue weighted by Crippen LogP contribution is 2.38. The van der Waals surface area contributed by atoms with E-state index in [9.17, 15) is 14.6 Å². The highest BCUT2D eigenvalue weighted by Gasteiger charge is 2.30. The second kappa shape index (κ2) is 17.2. The molecule has 0 bridgehead atoms. The van der Waals surface area contributed by atoms with E-state index in [0.717, 1.165) is 59.3 Å². The molecule has 1 aliphatic rings. The lowest BCUT2D eigenvalue weighted by Crippen LogP contribution is -2.38. The molecule has 7 nitrogen and oxygen atoms in total. The number of carbonyl (C=O) groups is 1. The number of benzene rings is 5. The van der Waals surface area contributed by atoms with Crippen LogP contribution in [0, 0.1) is 11.3 Å². The number of methoxy groups -OCH3 is 1. The van der Waals surface area contributed by atoms with E-state index < -0.39 is 10.8 Å². The molecule has 0 saturated carbocycles. The van der Waals surface area contributed by atoms with Crippen LogP contribution < -0.4 is 9.64 Å². The van der Waals surface area contributed by atoms with Crippen molar-refractivity contribution in [2.45, 2.75) is 49.3 Å². The normalized spacial score (nSPS) is 14.8.